The molecular weight excluding hydrogens is 178 g/mol. The molecule has 1 aliphatic heterocycles. The minimum Gasteiger partial charge on any atom is -0.356 e. The van der Waals surface area contributed by atoms with Gasteiger partial charge >= 0.3 is 0 Å². The van der Waals surface area contributed by atoms with Gasteiger partial charge in [-0.25, -0.2) is 0 Å². The molecule has 0 saturated carbocycles. The van der Waals surface area contributed by atoms with Gasteiger partial charge in [-0.1, -0.05) is 6.92 Å². The molecule has 1 rings (SSSR count). The highest BCUT2D eigenvalue weighted by molar-refractivity contribution is 4.79. The molecule has 0 aromatic heterocycles. The second-order valence-electron chi connectivity index (χ2n) is 4.16. The summed E-state index contributed by atoms with van der Waals surface area (Å²) in [5.41, 5.74) is 0. The molecule has 0 aliphatic carbocycles. The summed E-state index contributed by atoms with van der Waals surface area (Å²) in [6.07, 6.45) is 4.79. The maximum absolute atomic E-state index is 5.17. The van der Waals surface area contributed by atoms with Crippen LogP contribution in [0.15, 0.2) is 0 Å². The first-order chi connectivity index (χ1) is 6.77. The monoisotopic (exact) mass is 201 g/mol. The molecule has 1 heterocycles. The lowest BCUT2D eigenvalue weighted by molar-refractivity contribution is -0.108. The minimum atomic E-state index is -0.0288. The average Bonchev–Trinajstić information content (AvgIpc) is 2.72. The van der Waals surface area contributed by atoms with Crippen LogP contribution in [0.1, 0.15) is 32.6 Å². The van der Waals surface area contributed by atoms with E-state index in [9.17, 15) is 0 Å². The molecule has 0 amide bonds. The molecule has 0 unspecified atom stereocenters. The Bertz CT molecular complexity index is 142. The van der Waals surface area contributed by atoms with Crippen molar-refractivity contribution in [1.82, 2.24) is 5.32 Å². The predicted molar refractivity (Wildman–Crippen MR) is 57.2 cm³/mol. The molecule has 0 spiro atoms. The van der Waals surface area contributed by atoms with Gasteiger partial charge in [-0.15, -0.1) is 0 Å². The van der Waals surface area contributed by atoms with E-state index in [0.29, 0.717) is 6.04 Å². The molecule has 2 atom stereocenters. The van der Waals surface area contributed by atoms with Crippen molar-refractivity contribution in [1.29, 1.82) is 0 Å². The number of methoxy groups -OCH3 is 2. The lowest BCUT2D eigenvalue weighted by Crippen LogP contribution is -2.29. The number of ether oxygens (including phenoxy) is 2. The van der Waals surface area contributed by atoms with Crippen molar-refractivity contribution < 1.29 is 9.47 Å². The first-order valence-electron chi connectivity index (χ1n) is 5.57. The summed E-state index contributed by atoms with van der Waals surface area (Å²) in [6.45, 7) is 3.50. The molecule has 84 valence electrons. The van der Waals surface area contributed by atoms with Crippen molar-refractivity contribution in [3.63, 3.8) is 0 Å². The second kappa shape index (κ2) is 6.38. The molecule has 0 radical (unpaired) electrons. The highest BCUT2D eigenvalue weighted by Crippen LogP contribution is 2.20. The van der Waals surface area contributed by atoms with Gasteiger partial charge in [-0.05, 0) is 38.1 Å². The molecular formula is C11H23NO2. The van der Waals surface area contributed by atoms with E-state index in [1.807, 2.05) is 0 Å². The van der Waals surface area contributed by atoms with Crippen molar-refractivity contribution in [3.8, 4) is 0 Å². The Labute approximate surface area is 87.2 Å². The Morgan fingerprint density at radius 1 is 1.29 bits per heavy atom. The maximum atomic E-state index is 5.17. The van der Waals surface area contributed by atoms with Crippen LogP contribution in [-0.4, -0.2) is 33.1 Å². The Morgan fingerprint density at radius 3 is 2.50 bits per heavy atom. The van der Waals surface area contributed by atoms with E-state index < -0.39 is 0 Å². The van der Waals surface area contributed by atoms with E-state index in [0.717, 1.165) is 12.3 Å². The maximum Gasteiger partial charge on any atom is 0.156 e. The summed E-state index contributed by atoms with van der Waals surface area (Å²) >= 11 is 0. The molecule has 1 saturated heterocycles. The van der Waals surface area contributed by atoms with Gasteiger partial charge in [0.15, 0.2) is 6.29 Å². The number of hydrogen-bond acceptors (Lipinski definition) is 3. The fourth-order valence-corrected chi connectivity index (χ4v) is 2.13. The van der Waals surface area contributed by atoms with Crippen molar-refractivity contribution >= 4 is 0 Å². The van der Waals surface area contributed by atoms with Crippen LogP contribution in [0.3, 0.4) is 0 Å². The Hall–Kier alpha value is -0.120. The normalized spacial score (nSPS) is 24.4. The van der Waals surface area contributed by atoms with Gasteiger partial charge in [0.1, 0.15) is 0 Å². The van der Waals surface area contributed by atoms with Gasteiger partial charge in [0, 0.05) is 20.3 Å². The molecule has 0 bridgehead atoms. The van der Waals surface area contributed by atoms with Crippen LogP contribution in [0.2, 0.25) is 0 Å². The van der Waals surface area contributed by atoms with Crippen molar-refractivity contribution in [2.24, 2.45) is 5.92 Å². The van der Waals surface area contributed by atoms with Gasteiger partial charge in [-0.3, -0.25) is 0 Å². The third-order valence-electron chi connectivity index (χ3n) is 3.17. The Morgan fingerprint density at radius 2 is 2.00 bits per heavy atom. The van der Waals surface area contributed by atoms with Crippen LogP contribution >= 0.6 is 0 Å². The SMILES string of the molecule is COC(CC[C@@H](C)[C@@H]1CCCN1)OC. The first-order valence-corrected chi connectivity index (χ1v) is 5.57. The van der Waals surface area contributed by atoms with Gasteiger partial charge in [0.25, 0.3) is 0 Å². The zero-order valence-corrected chi connectivity index (χ0v) is 9.58. The van der Waals surface area contributed by atoms with Crippen LogP contribution in [0.4, 0.5) is 0 Å². The van der Waals surface area contributed by atoms with E-state index in [2.05, 4.69) is 12.2 Å². The van der Waals surface area contributed by atoms with Gasteiger partial charge in [0.05, 0.1) is 0 Å². The quantitative estimate of drug-likeness (QED) is 0.664. The Kier molecular flexibility index (Phi) is 5.45. The van der Waals surface area contributed by atoms with Gasteiger partial charge in [0.2, 0.25) is 0 Å². The van der Waals surface area contributed by atoms with E-state index in [4.69, 9.17) is 9.47 Å². The molecule has 0 aromatic carbocycles. The van der Waals surface area contributed by atoms with E-state index in [-0.39, 0.29) is 6.29 Å². The van der Waals surface area contributed by atoms with Crippen molar-refractivity contribution in [3.05, 3.63) is 0 Å². The minimum absolute atomic E-state index is 0.0288. The summed E-state index contributed by atoms with van der Waals surface area (Å²) in [6, 6.07) is 0.712. The van der Waals surface area contributed by atoms with Crippen LogP contribution in [-0.2, 0) is 9.47 Å². The van der Waals surface area contributed by atoms with Crippen molar-refractivity contribution in [2.75, 3.05) is 20.8 Å². The lowest BCUT2D eigenvalue weighted by Gasteiger charge is -2.21. The summed E-state index contributed by atoms with van der Waals surface area (Å²) in [5.74, 6) is 0.727. The summed E-state index contributed by atoms with van der Waals surface area (Å²) in [4.78, 5) is 0. The van der Waals surface area contributed by atoms with Crippen LogP contribution in [0.5, 0.6) is 0 Å². The zero-order chi connectivity index (χ0) is 10.4. The lowest BCUT2D eigenvalue weighted by atomic mass is 9.95. The zero-order valence-electron chi connectivity index (χ0n) is 9.58. The number of hydrogen-bond donors (Lipinski definition) is 1. The molecule has 1 fully saturated rings. The number of nitrogens with one attached hydrogen (secondary N) is 1. The largest absolute Gasteiger partial charge is 0.356 e. The van der Waals surface area contributed by atoms with E-state index >= 15 is 0 Å². The molecule has 14 heavy (non-hydrogen) atoms. The third kappa shape index (κ3) is 3.56. The number of rotatable bonds is 6. The van der Waals surface area contributed by atoms with Gasteiger partial charge < -0.3 is 14.8 Å². The Balaban J connectivity index is 2.15. The van der Waals surface area contributed by atoms with Crippen molar-refractivity contribution in [2.45, 2.75) is 44.9 Å². The van der Waals surface area contributed by atoms with E-state index in [1.165, 1.54) is 25.8 Å². The van der Waals surface area contributed by atoms with Crippen LogP contribution in [0, 0.1) is 5.92 Å². The van der Waals surface area contributed by atoms with E-state index in [1.54, 1.807) is 14.2 Å². The average molecular weight is 201 g/mol. The molecule has 0 aromatic rings. The topological polar surface area (TPSA) is 30.5 Å². The predicted octanol–water partition coefficient (Wildman–Crippen LogP) is 1.77. The molecule has 1 aliphatic rings. The van der Waals surface area contributed by atoms with Gasteiger partial charge in [-0.2, -0.15) is 0 Å². The highest BCUT2D eigenvalue weighted by atomic mass is 16.7. The first kappa shape index (κ1) is 12.0. The third-order valence-corrected chi connectivity index (χ3v) is 3.17. The fourth-order valence-electron chi connectivity index (χ4n) is 2.13. The summed E-state index contributed by atoms with van der Waals surface area (Å²) < 4.78 is 10.3. The molecule has 3 nitrogen and oxygen atoms in total. The second-order valence-corrected chi connectivity index (χ2v) is 4.16. The highest BCUT2D eigenvalue weighted by Gasteiger charge is 2.21. The molecule has 1 N–H and O–H groups in total. The summed E-state index contributed by atoms with van der Waals surface area (Å²) in [5, 5.41) is 3.53. The fraction of sp³-hybridized carbons (Fsp3) is 1.00. The molecule has 3 heteroatoms. The van der Waals surface area contributed by atoms with Crippen LogP contribution < -0.4 is 5.32 Å². The van der Waals surface area contributed by atoms with Crippen LogP contribution in [0.25, 0.3) is 0 Å². The smallest absolute Gasteiger partial charge is 0.156 e. The summed E-state index contributed by atoms with van der Waals surface area (Å²) in [7, 11) is 3.40. The standard InChI is InChI=1S/C11H23NO2/c1-9(10-5-4-8-12-10)6-7-11(13-2)14-3/h9-12H,4-8H2,1-3H3/t9-,10+/m1/s1.